The maximum absolute atomic E-state index is 12.1. The van der Waals surface area contributed by atoms with E-state index in [1.165, 1.54) is 23.0 Å². The van der Waals surface area contributed by atoms with Crippen LogP contribution in [0, 0.1) is 0 Å². The zero-order chi connectivity index (χ0) is 18.3. The molecule has 0 saturated heterocycles. The predicted octanol–water partition coefficient (Wildman–Crippen LogP) is 2.31. The van der Waals surface area contributed by atoms with E-state index in [0.29, 0.717) is 28.7 Å². The van der Waals surface area contributed by atoms with Gasteiger partial charge in [-0.25, -0.2) is 0 Å². The van der Waals surface area contributed by atoms with Crippen LogP contribution in [0.1, 0.15) is 12.5 Å². The molecule has 24 heavy (non-hydrogen) atoms. The monoisotopic (exact) mass is 354 g/mol. The summed E-state index contributed by atoms with van der Waals surface area (Å²) in [5.74, 6) is 0.534. The van der Waals surface area contributed by atoms with Crippen LogP contribution in [0.15, 0.2) is 18.2 Å². The number of nitrogens with zero attached hydrogens (tertiary/aromatic N) is 2. The Labute approximate surface area is 147 Å². The van der Waals surface area contributed by atoms with Crippen molar-refractivity contribution in [2.45, 2.75) is 6.92 Å². The Morgan fingerprint density at radius 2 is 1.92 bits per heavy atom. The van der Waals surface area contributed by atoms with Gasteiger partial charge in [0.2, 0.25) is 11.8 Å². The number of halogens is 1. The maximum atomic E-state index is 12.1. The fourth-order valence-corrected chi connectivity index (χ4v) is 2.16. The van der Waals surface area contributed by atoms with Crippen LogP contribution in [0.2, 0.25) is 5.02 Å². The van der Waals surface area contributed by atoms with Gasteiger partial charge in [-0.2, -0.15) is 0 Å². The van der Waals surface area contributed by atoms with Gasteiger partial charge in [-0.15, -0.1) is 0 Å². The molecule has 0 radical (unpaired) electrons. The van der Waals surface area contributed by atoms with E-state index >= 15 is 0 Å². The summed E-state index contributed by atoms with van der Waals surface area (Å²) in [4.78, 5) is 26.5. The highest BCUT2D eigenvalue weighted by atomic mass is 35.5. The summed E-state index contributed by atoms with van der Waals surface area (Å²) in [6.07, 6.45) is 3.00. The summed E-state index contributed by atoms with van der Waals surface area (Å²) < 4.78 is 10.7. The molecule has 0 unspecified atom stereocenters. The van der Waals surface area contributed by atoms with Gasteiger partial charge in [-0.3, -0.25) is 9.59 Å². The molecule has 7 heteroatoms. The van der Waals surface area contributed by atoms with Crippen LogP contribution < -0.4 is 9.47 Å². The van der Waals surface area contributed by atoms with Crippen molar-refractivity contribution < 1.29 is 19.1 Å². The molecule has 0 aliphatic carbocycles. The van der Waals surface area contributed by atoms with Gasteiger partial charge in [-0.1, -0.05) is 11.6 Å². The molecular weight excluding hydrogens is 332 g/mol. The number of methoxy groups -OCH3 is 1. The van der Waals surface area contributed by atoms with E-state index in [1.54, 1.807) is 39.4 Å². The van der Waals surface area contributed by atoms with Crippen LogP contribution in [0.4, 0.5) is 0 Å². The van der Waals surface area contributed by atoms with Gasteiger partial charge < -0.3 is 19.3 Å². The van der Waals surface area contributed by atoms with E-state index in [9.17, 15) is 9.59 Å². The Bertz CT molecular complexity index is 629. The van der Waals surface area contributed by atoms with Crippen molar-refractivity contribution >= 4 is 29.5 Å². The van der Waals surface area contributed by atoms with E-state index < -0.39 is 0 Å². The van der Waals surface area contributed by atoms with Gasteiger partial charge in [0.25, 0.3) is 0 Å². The molecule has 2 amide bonds. The number of carbonyl (C=O) groups excluding carboxylic acids is 2. The third kappa shape index (κ3) is 5.45. The first-order chi connectivity index (χ1) is 11.3. The van der Waals surface area contributed by atoms with Crippen LogP contribution in [0.3, 0.4) is 0 Å². The van der Waals surface area contributed by atoms with E-state index in [0.717, 1.165) is 0 Å². The fraction of sp³-hybridized carbons (Fsp3) is 0.412. The molecule has 0 bridgehead atoms. The SMILES string of the molecule is CCOc1cc(/C=C/C(=O)N(C)CC(=O)N(C)C)cc(Cl)c1OC. The number of benzene rings is 1. The number of amides is 2. The van der Waals surface area contributed by atoms with Crippen molar-refractivity contribution in [1.82, 2.24) is 9.80 Å². The van der Waals surface area contributed by atoms with Gasteiger partial charge in [-0.05, 0) is 30.7 Å². The second kappa shape index (κ2) is 9.17. The number of rotatable bonds is 7. The summed E-state index contributed by atoms with van der Waals surface area (Å²) in [5, 5.41) is 0.395. The molecule has 0 fully saturated rings. The topological polar surface area (TPSA) is 59.1 Å². The molecule has 1 rings (SSSR count). The normalized spacial score (nSPS) is 10.6. The lowest BCUT2D eigenvalue weighted by molar-refractivity contribution is -0.135. The smallest absolute Gasteiger partial charge is 0.246 e. The molecule has 0 saturated carbocycles. The number of ether oxygens (including phenoxy) is 2. The Morgan fingerprint density at radius 1 is 1.25 bits per heavy atom. The van der Waals surface area contributed by atoms with E-state index in [-0.39, 0.29) is 18.4 Å². The van der Waals surface area contributed by atoms with Gasteiger partial charge in [0.05, 0.1) is 25.3 Å². The highest BCUT2D eigenvalue weighted by Gasteiger charge is 2.13. The molecule has 0 heterocycles. The molecule has 0 N–H and O–H groups in total. The Kier molecular flexibility index (Phi) is 7.58. The summed E-state index contributed by atoms with van der Waals surface area (Å²) >= 11 is 6.17. The van der Waals surface area contributed by atoms with Gasteiger partial charge >= 0.3 is 0 Å². The van der Waals surface area contributed by atoms with E-state index in [4.69, 9.17) is 21.1 Å². The first-order valence-corrected chi connectivity index (χ1v) is 7.81. The number of carbonyl (C=O) groups is 2. The summed E-state index contributed by atoms with van der Waals surface area (Å²) in [5.41, 5.74) is 0.699. The van der Waals surface area contributed by atoms with E-state index in [1.807, 2.05) is 6.92 Å². The number of hydrogen-bond acceptors (Lipinski definition) is 4. The molecule has 1 aromatic rings. The van der Waals surface area contributed by atoms with Crippen molar-refractivity contribution in [3.8, 4) is 11.5 Å². The lowest BCUT2D eigenvalue weighted by atomic mass is 10.2. The zero-order valence-corrected chi connectivity index (χ0v) is 15.4. The predicted molar refractivity (Wildman–Crippen MR) is 94.5 cm³/mol. The van der Waals surface area contributed by atoms with Gasteiger partial charge in [0.1, 0.15) is 0 Å². The van der Waals surface area contributed by atoms with Crippen molar-refractivity contribution in [2.24, 2.45) is 0 Å². The fourth-order valence-electron chi connectivity index (χ4n) is 1.86. The molecular formula is C17H23ClN2O4. The van der Waals surface area contributed by atoms with Crippen molar-refractivity contribution in [3.05, 3.63) is 28.8 Å². The van der Waals surface area contributed by atoms with Crippen molar-refractivity contribution in [1.29, 1.82) is 0 Å². The average molecular weight is 355 g/mol. The number of likely N-dealkylation sites (N-methyl/N-ethyl adjacent to an activating group) is 2. The molecule has 132 valence electrons. The summed E-state index contributed by atoms with van der Waals surface area (Å²) in [7, 11) is 6.37. The average Bonchev–Trinajstić information content (AvgIpc) is 2.52. The first-order valence-electron chi connectivity index (χ1n) is 7.43. The lowest BCUT2D eigenvalue weighted by Gasteiger charge is -2.17. The maximum Gasteiger partial charge on any atom is 0.246 e. The second-order valence-electron chi connectivity index (χ2n) is 5.28. The highest BCUT2D eigenvalue weighted by Crippen LogP contribution is 2.36. The highest BCUT2D eigenvalue weighted by molar-refractivity contribution is 6.32. The van der Waals surface area contributed by atoms with Crippen LogP contribution in [-0.2, 0) is 9.59 Å². The molecule has 6 nitrogen and oxygen atoms in total. The molecule has 0 aliphatic rings. The van der Waals surface area contributed by atoms with Crippen LogP contribution in [0.25, 0.3) is 6.08 Å². The van der Waals surface area contributed by atoms with Gasteiger partial charge in [0.15, 0.2) is 11.5 Å². The Balaban J connectivity index is 2.89. The number of hydrogen-bond donors (Lipinski definition) is 0. The summed E-state index contributed by atoms with van der Waals surface area (Å²) in [6.45, 7) is 2.34. The van der Waals surface area contributed by atoms with E-state index in [2.05, 4.69) is 0 Å². The minimum atomic E-state index is -0.282. The second-order valence-corrected chi connectivity index (χ2v) is 5.69. The minimum absolute atomic E-state index is 0.0176. The Morgan fingerprint density at radius 3 is 2.46 bits per heavy atom. The molecule has 0 atom stereocenters. The van der Waals surface area contributed by atoms with Crippen LogP contribution >= 0.6 is 11.6 Å². The first kappa shape index (κ1) is 19.8. The van der Waals surface area contributed by atoms with Crippen molar-refractivity contribution in [2.75, 3.05) is 41.4 Å². The lowest BCUT2D eigenvalue weighted by Crippen LogP contribution is -2.36. The quantitative estimate of drug-likeness (QED) is 0.705. The third-order valence-electron chi connectivity index (χ3n) is 3.20. The molecule has 0 spiro atoms. The van der Waals surface area contributed by atoms with Crippen molar-refractivity contribution in [3.63, 3.8) is 0 Å². The van der Waals surface area contributed by atoms with Crippen LogP contribution in [0.5, 0.6) is 11.5 Å². The van der Waals surface area contributed by atoms with Crippen LogP contribution in [-0.4, -0.2) is 63.0 Å². The van der Waals surface area contributed by atoms with Gasteiger partial charge in [0, 0.05) is 27.2 Å². The minimum Gasteiger partial charge on any atom is -0.491 e. The Hall–Kier alpha value is -2.21. The standard InChI is InChI=1S/C17H23ClN2O4/c1-6-24-14-10-12(9-13(18)17(14)23-5)7-8-15(21)20(4)11-16(22)19(2)3/h7-10H,6,11H2,1-5H3/b8-7+. The zero-order valence-electron chi connectivity index (χ0n) is 14.6. The summed E-state index contributed by atoms with van der Waals surface area (Å²) in [6, 6.07) is 3.42. The third-order valence-corrected chi connectivity index (χ3v) is 3.48. The largest absolute Gasteiger partial charge is 0.491 e. The molecule has 0 aromatic heterocycles. The molecule has 0 aliphatic heterocycles. The molecule has 1 aromatic carbocycles.